The standard InChI is InChI=1S/C16H10F3N2.C6H5NO2.Ir/c17-16(18,19)12-8-9-14(20-11-12)15-7-4-10-21(15)13-5-2-1-3-6-13;8-6(9)5-3-1-2-4-7-5;/h1-6,8-11H;1-4H,(H,8,9);/q-1;;. The Bertz CT molecular complexity index is 1100. The Kier molecular flexibility index (Phi) is 8.24. The molecule has 0 saturated carbocycles. The van der Waals surface area contributed by atoms with E-state index in [0.717, 1.165) is 18.0 Å². The summed E-state index contributed by atoms with van der Waals surface area (Å²) in [4.78, 5) is 17.6. The van der Waals surface area contributed by atoms with Crippen molar-refractivity contribution < 1.29 is 43.2 Å². The largest absolute Gasteiger partial charge is 0.477 e. The van der Waals surface area contributed by atoms with Crippen LogP contribution in [0, 0.1) is 6.07 Å². The summed E-state index contributed by atoms with van der Waals surface area (Å²) in [6.45, 7) is 0. The Morgan fingerprint density at radius 3 is 2.19 bits per heavy atom. The third-order valence-corrected chi connectivity index (χ3v) is 3.94. The SMILES string of the molecule is FC(F)(F)c1ccc(-c2[c-]ccn2-c2ccccc2)nc1.O=C(O)c1ccccn1.[Ir]. The van der Waals surface area contributed by atoms with E-state index in [1.807, 2.05) is 34.9 Å². The molecule has 161 valence electrons. The Hall–Kier alpha value is -3.29. The molecule has 0 aliphatic heterocycles. The van der Waals surface area contributed by atoms with Crippen molar-refractivity contribution in [1.82, 2.24) is 14.5 Å². The summed E-state index contributed by atoms with van der Waals surface area (Å²) < 4.78 is 39.5. The first-order chi connectivity index (χ1) is 14.4. The van der Waals surface area contributed by atoms with Gasteiger partial charge in [0.25, 0.3) is 0 Å². The van der Waals surface area contributed by atoms with Crippen LogP contribution in [0.5, 0.6) is 0 Å². The molecule has 1 N–H and O–H groups in total. The fraction of sp³-hybridized carbons (Fsp3) is 0.0455. The van der Waals surface area contributed by atoms with Gasteiger partial charge in [-0.05, 0) is 30.0 Å². The second-order valence-electron chi connectivity index (χ2n) is 5.96. The fourth-order valence-corrected chi connectivity index (χ4v) is 2.53. The number of carboxylic acid groups (broad SMARTS) is 1. The maximum atomic E-state index is 12.6. The Balaban J connectivity index is 0.000000289. The number of alkyl halides is 3. The van der Waals surface area contributed by atoms with Gasteiger partial charge in [-0.1, -0.05) is 48.3 Å². The molecule has 0 bridgehead atoms. The molecular weight excluding hydrogens is 587 g/mol. The second-order valence-corrected chi connectivity index (χ2v) is 5.96. The van der Waals surface area contributed by atoms with E-state index in [-0.39, 0.29) is 25.8 Å². The average Bonchev–Trinajstić information content (AvgIpc) is 3.25. The predicted molar refractivity (Wildman–Crippen MR) is 104 cm³/mol. The van der Waals surface area contributed by atoms with Gasteiger partial charge in [-0.15, -0.1) is 0 Å². The fourth-order valence-electron chi connectivity index (χ4n) is 2.53. The predicted octanol–water partition coefficient (Wildman–Crippen LogP) is 5.14. The van der Waals surface area contributed by atoms with E-state index in [4.69, 9.17) is 5.11 Å². The minimum absolute atomic E-state index is 0. The molecule has 0 amide bonds. The molecule has 3 heterocycles. The number of benzene rings is 1. The molecular formula is C22H15F3IrN3O2-. The van der Waals surface area contributed by atoms with Crippen LogP contribution in [0.4, 0.5) is 13.2 Å². The molecule has 0 fully saturated rings. The van der Waals surface area contributed by atoms with Crippen LogP contribution in [-0.4, -0.2) is 25.6 Å². The first-order valence-corrected chi connectivity index (χ1v) is 8.68. The van der Waals surface area contributed by atoms with Gasteiger partial charge in [-0.2, -0.15) is 25.3 Å². The van der Waals surface area contributed by atoms with Crippen LogP contribution in [0.15, 0.2) is 85.3 Å². The van der Waals surface area contributed by atoms with Crippen molar-refractivity contribution in [2.24, 2.45) is 0 Å². The molecule has 31 heavy (non-hydrogen) atoms. The number of halogens is 3. The van der Waals surface area contributed by atoms with Gasteiger partial charge in [-0.3, -0.25) is 0 Å². The molecule has 9 heteroatoms. The van der Waals surface area contributed by atoms with Crippen molar-refractivity contribution in [3.05, 3.63) is 103 Å². The van der Waals surface area contributed by atoms with Crippen molar-refractivity contribution in [3.63, 3.8) is 0 Å². The van der Waals surface area contributed by atoms with Crippen molar-refractivity contribution in [2.45, 2.75) is 6.18 Å². The zero-order chi connectivity index (χ0) is 21.6. The van der Waals surface area contributed by atoms with Crippen molar-refractivity contribution >= 4 is 5.97 Å². The number of hydrogen-bond donors (Lipinski definition) is 1. The Morgan fingerprint density at radius 1 is 0.968 bits per heavy atom. The van der Waals surface area contributed by atoms with E-state index < -0.39 is 17.7 Å². The van der Waals surface area contributed by atoms with Crippen molar-refractivity contribution in [2.75, 3.05) is 0 Å². The van der Waals surface area contributed by atoms with Gasteiger partial charge in [-0.25, -0.2) is 9.78 Å². The van der Waals surface area contributed by atoms with Gasteiger partial charge in [0.15, 0.2) is 0 Å². The van der Waals surface area contributed by atoms with Crippen LogP contribution in [0.2, 0.25) is 0 Å². The number of pyridine rings is 2. The first kappa shape index (κ1) is 24.0. The van der Waals surface area contributed by atoms with Crippen LogP contribution in [0.25, 0.3) is 17.1 Å². The first-order valence-electron chi connectivity index (χ1n) is 8.68. The zero-order valence-corrected chi connectivity index (χ0v) is 18.1. The van der Waals surface area contributed by atoms with E-state index >= 15 is 0 Å². The molecule has 0 saturated heterocycles. The van der Waals surface area contributed by atoms with Gasteiger partial charge < -0.3 is 14.7 Å². The molecule has 0 spiro atoms. The summed E-state index contributed by atoms with van der Waals surface area (Å²) in [6, 6.07) is 21.3. The molecule has 4 rings (SSSR count). The van der Waals surface area contributed by atoms with E-state index in [1.165, 1.54) is 18.3 Å². The quantitative estimate of drug-likeness (QED) is 0.330. The maximum Gasteiger partial charge on any atom is 0.417 e. The topological polar surface area (TPSA) is 68.0 Å². The van der Waals surface area contributed by atoms with E-state index in [2.05, 4.69) is 16.0 Å². The van der Waals surface area contributed by atoms with E-state index in [0.29, 0.717) is 11.4 Å². The van der Waals surface area contributed by atoms with E-state index in [1.54, 1.807) is 24.4 Å². The van der Waals surface area contributed by atoms with Crippen LogP contribution >= 0.6 is 0 Å². The molecule has 0 unspecified atom stereocenters. The Morgan fingerprint density at radius 2 is 1.68 bits per heavy atom. The molecule has 0 atom stereocenters. The summed E-state index contributed by atoms with van der Waals surface area (Å²) in [7, 11) is 0. The summed E-state index contributed by atoms with van der Waals surface area (Å²) in [5.74, 6) is -0.990. The molecule has 4 aromatic rings. The molecule has 0 aliphatic rings. The number of carboxylic acids is 1. The van der Waals surface area contributed by atoms with Gasteiger partial charge >= 0.3 is 12.1 Å². The van der Waals surface area contributed by atoms with Gasteiger partial charge in [0.2, 0.25) is 0 Å². The second kappa shape index (κ2) is 10.7. The van der Waals surface area contributed by atoms with Crippen molar-refractivity contribution in [1.29, 1.82) is 0 Å². The van der Waals surface area contributed by atoms with Gasteiger partial charge in [0.1, 0.15) is 5.69 Å². The number of aromatic carboxylic acids is 1. The molecule has 5 nitrogen and oxygen atoms in total. The number of para-hydroxylation sites is 1. The minimum Gasteiger partial charge on any atom is -0.477 e. The summed E-state index contributed by atoms with van der Waals surface area (Å²) in [5.41, 5.74) is 1.28. The summed E-state index contributed by atoms with van der Waals surface area (Å²) >= 11 is 0. The molecule has 0 aliphatic carbocycles. The minimum atomic E-state index is -4.38. The number of carbonyl (C=O) groups is 1. The monoisotopic (exact) mass is 603 g/mol. The number of aromatic nitrogens is 3. The van der Waals surface area contributed by atoms with Gasteiger partial charge in [0, 0.05) is 38.2 Å². The third kappa shape index (κ3) is 6.34. The molecule has 3 aromatic heterocycles. The van der Waals surface area contributed by atoms with Crippen molar-refractivity contribution in [3.8, 4) is 17.1 Å². The van der Waals surface area contributed by atoms with Crippen LogP contribution in [-0.2, 0) is 26.3 Å². The third-order valence-electron chi connectivity index (χ3n) is 3.94. The average molecular weight is 603 g/mol. The van der Waals surface area contributed by atoms with Crippen LogP contribution < -0.4 is 0 Å². The molecule has 1 radical (unpaired) electrons. The van der Waals surface area contributed by atoms with Crippen LogP contribution in [0.1, 0.15) is 16.1 Å². The van der Waals surface area contributed by atoms with Crippen LogP contribution in [0.3, 0.4) is 0 Å². The number of hydrogen-bond acceptors (Lipinski definition) is 3. The summed E-state index contributed by atoms with van der Waals surface area (Å²) in [5, 5.41) is 8.32. The van der Waals surface area contributed by atoms with E-state index in [9.17, 15) is 18.0 Å². The zero-order valence-electron chi connectivity index (χ0n) is 15.7. The molecule has 1 aromatic carbocycles. The Labute approximate surface area is 189 Å². The maximum absolute atomic E-state index is 12.6. The smallest absolute Gasteiger partial charge is 0.417 e. The number of rotatable bonds is 3. The normalized spacial score (nSPS) is 10.4. The van der Waals surface area contributed by atoms with Gasteiger partial charge in [0.05, 0.1) is 5.56 Å². The summed E-state index contributed by atoms with van der Waals surface area (Å²) in [6.07, 6.45) is -0.296. The number of nitrogens with zero attached hydrogens (tertiary/aromatic N) is 3.